The number of carbonyl (C=O) groups is 3. The molecule has 0 aromatic carbocycles. The average Bonchev–Trinajstić information content (AvgIpc) is 2.25. The quantitative estimate of drug-likeness (QED) is 0.418. The Labute approximate surface area is 102 Å². The highest BCUT2D eigenvalue weighted by atomic mass is 79.9. The minimum atomic E-state index is -1.65. The van der Waals surface area contributed by atoms with Crippen molar-refractivity contribution in [1.29, 1.82) is 0 Å². The third kappa shape index (κ3) is 3.16. The topological polar surface area (TPSA) is 69.7 Å². The summed E-state index contributed by atoms with van der Waals surface area (Å²) in [7, 11) is 2.28. The Kier molecular flexibility index (Phi) is 5.95. The van der Waals surface area contributed by atoms with Gasteiger partial charge in [0.2, 0.25) is 0 Å². The number of methoxy groups -OCH3 is 2. The van der Waals surface area contributed by atoms with Crippen molar-refractivity contribution in [3.8, 4) is 0 Å². The maximum absolute atomic E-state index is 11.6. The summed E-state index contributed by atoms with van der Waals surface area (Å²) in [5.74, 6) is -1.63. The van der Waals surface area contributed by atoms with Crippen LogP contribution in [0.5, 0.6) is 0 Å². The lowest BCUT2D eigenvalue weighted by molar-refractivity contribution is -0.170. The summed E-state index contributed by atoms with van der Waals surface area (Å²) in [6.45, 7) is 3.54. The van der Waals surface area contributed by atoms with Gasteiger partial charge in [0.1, 0.15) is 6.29 Å². The van der Waals surface area contributed by atoms with E-state index in [9.17, 15) is 14.4 Å². The molecule has 0 heterocycles. The van der Waals surface area contributed by atoms with E-state index in [0.29, 0.717) is 10.8 Å². The smallest absolute Gasteiger partial charge is 0.324 e. The Hall–Kier alpha value is -1.17. The van der Waals surface area contributed by atoms with Crippen molar-refractivity contribution in [2.75, 3.05) is 14.2 Å². The SMILES string of the molecule is C=C(Br)CC(CC=O)(C(=O)OC)C(=O)OC. The lowest BCUT2D eigenvalue weighted by atomic mass is 9.81. The average molecular weight is 293 g/mol. The molecule has 0 radical (unpaired) electrons. The number of carbonyl (C=O) groups excluding carboxylic acids is 3. The molecule has 0 rings (SSSR count). The number of rotatable bonds is 6. The second kappa shape index (κ2) is 6.42. The largest absolute Gasteiger partial charge is 0.468 e. The van der Waals surface area contributed by atoms with Crippen LogP contribution in [0, 0.1) is 5.41 Å². The molecule has 0 aliphatic rings. The predicted octanol–water partition coefficient (Wildman–Crippen LogP) is 1.21. The number of halogens is 1. The molecule has 5 nitrogen and oxygen atoms in total. The van der Waals surface area contributed by atoms with Crippen molar-refractivity contribution in [2.45, 2.75) is 12.8 Å². The molecule has 90 valence electrons. The zero-order chi connectivity index (χ0) is 12.8. The van der Waals surface area contributed by atoms with Gasteiger partial charge in [-0.3, -0.25) is 9.59 Å². The van der Waals surface area contributed by atoms with Gasteiger partial charge < -0.3 is 14.3 Å². The van der Waals surface area contributed by atoms with Crippen LogP contribution < -0.4 is 0 Å². The molecule has 0 aromatic heterocycles. The summed E-state index contributed by atoms with van der Waals surface area (Å²) in [6.07, 6.45) is 0.117. The number of hydrogen-bond donors (Lipinski definition) is 0. The molecule has 0 spiro atoms. The lowest BCUT2D eigenvalue weighted by Crippen LogP contribution is -2.41. The molecule has 0 unspecified atom stereocenters. The van der Waals surface area contributed by atoms with Crippen LogP contribution in [-0.2, 0) is 23.9 Å². The summed E-state index contributed by atoms with van der Waals surface area (Å²) >= 11 is 3.05. The predicted molar refractivity (Wildman–Crippen MR) is 59.8 cm³/mol. The van der Waals surface area contributed by atoms with Gasteiger partial charge in [0.05, 0.1) is 14.2 Å². The van der Waals surface area contributed by atoms with Gasteiger partial charge in [-0.05, 0) is 4.48 Å². The Morgan fingerprint density at radius 3 is 2.00 bits per heavy atom. The second-order valence-electron chi connectivity index (χ2n) is 3.13. The maximum Gasteiger partial charge on any atom is 0.324 e. The second-order valence-corrected chi connectivity index (χ2v) is 4.25. The molecule has 0 atom stereocenters. The number of esters is 2. The van der Waals surface area contributed by atoms with Gasteiger partial charge in [0.15, 0.2) is 5.41 Å². The summed E-state index contributed by atoms with van der Waals surface area (Å²) in [5.41, 5.74) is -1.65. The van der Waals surface area contributed by atoms with Crippen LogP contribution in [0.3, 0.4) is 0 Å². The summed E-state index contributed by atoms with van der Waals surface area (Å²) in [5, 5.41) is 0. The molecule has 6 heteroatoms. The zero-order valence-electron chi connectivity index (χ0n) is 9.12. The standard InChI is InChI=1S/C10H13BrO5/c1-7(11)6-10(4-5-12,8(13)15-2)9(14)16-3/h5H,1,4,6H2,2-3H3. The Bertz CT molecular complexity index is 294. The van der Waals surface area contributed by atoms with Crippen LogP contribution in [0.4, 0.5) is 0 Å². The van der Waals surface area contributed by atoms with E-state index in [2.05, 4.69) is 32.0 Å². The third-order valence-corrected chi connectivity index (χ3v) is 2.36. The van der Waals surface area contributed by atoms with E-state index in [1.807, 2.05) is 0 Å². The first-order valence-corrected chi connectivity index (χ1v) is 5.17. The van der Waals surface area contributed by atoms with Crippen molar-refractivity contribution in [1.82, 2.24) is 0 Å². The van der Waals surface area contributed by atoms with E-state index in [-0.39, 0.29) is 12.8 Å². The first kappa shape index (κ1) is 14.8. The van der Waals surface area contributed by atoms with E-state index in [1.165, 1.54) is 0 Å². The van der Waals surface area contributed by atoms with E-state index in [1.54, 1.807) is 0 Å². The minimum absolute atomic E-state index is 0.0505. The molecule has 0 N–H and O–H groups in total. The Morgan fingerprint density at radius 2 is 1.75 bits per heavy atom. The molecule has 16 heavy (non-hydrogen) atoms. The molecule has 0 saturated carbocycles. The van der Waals surface area contributed by atoms with E-state index in [0.717, 1.165) is 14.2 Å². The van der Waals surface area contributed by atoms with Crippen molar-refractivity contribution in [2.24, 2.45) is 5.41 Å². The fourth-order valence-electron chi connectivity index (χ4n) is 1.33. The highest BCUT2D eigenvalue weighted by Gasteiger charge is 2.48. The molecule has 0 bridgehead atoms. The third-order valence-electron chi connectivity index (χ3n) is 2.08. The number of ether oxygens (including phenoxy) is 2. The molecular formula is C10H13BrO5. The number of allylic oxidation sites excluding steroid dienone is 1. The van der Waals surface area contributed by atoms with E-state index < -0.39 is 17.4 Å². The van der Waals surface area contributed by atoms with Gasteiger partial charge in [0.25, 0.3) is 0 Å². The first-order chi connectivity index (χ1) is 7.44. The minimum Gasteiger partial charge on any atom is -0.468 e. The molecule has 0 fully saturated rings. The molecule has 0 saturated heterocycles. The van der Waals surface area contributed by atoms with Crippen LogP contribution in [0.15, 0.2) is 11.1 Å². The van der Waals surface area contributed by atoms with Gasteiger partial charge in [-0.15, -0.1) is 0 Å². The van der Waals surface area contributed by atoms with Gasteiger partial charge in [-0.1, -0.05) is 22.5 Å². The molecular weight excluding hydrogens is 280 g/mol. The van der Waals surface area contributed by atoms with Crippen LogP contribution in [-0.4, -0.2) is 32.4 Å². The lowest BCUT2D eigenvalue weighted by Gasteiger charge is -2.25. The maximum atomic E-state index is 11.6. The van der Waals surface area contributed by atoms with Crippen molar-refractivity contribution in [3.63, 3.8) is 0 Å². The molecule has 0 aromatic rings. The molecule has 0 aliphatic heterocycles. The van der Waals surface area contributed by atoms with Gasteiger partial charge in [0, 0.05) is 12.8 Å². The first-order valence-electron chi connectivity index (χ1n) is 4.38. The van der Waals surface area contributed by atoms with Crippen LogP contribution in [0.25, 0.3) is 0 Å². The fraction of sp³-hybridized carbons (Fsp3) is 0.500. The van der Waals surface area contributed by atoms with Crippen molar-refractivity contribution in [3.05, 3.63) is 11.1 Å². The van der Waals surface area contributed by atoms with Crippen LogP contribution in [0.2, 0.25) is 0 Å². The van der Waals surface area contributed by atoms with Gasteiger partial charge in [-0.2, -0.15) is 0 Å². The molecule has 0 aliphatic carbocycles. The van der Waals surface area contributed by atoms with Gasteiger partial charge >= 0.3 is 11.9 Å². The monoisotopic (exact) mass is 292 g/mol. The highest BCUT2D eigenvalue weighted by molar-refractivity contribution is 9.11. The summed E-state index contributed by atoms with van der Waals surface area (Å²) < 4.78 is 9.47. The normalized spacial score (nSPS) is 10.4. The Balaban J connectivity index is 5.36. The number of hydrogen-bond acceptors (Lipinski definition) is 5. The van der Waals surface area contributed by atoms with Crippen molar-refractivity contribution < 1.29 is 23.9 Å². The fourth-order valence-corrected chi connectivity index (χ4v) is 1.81. The molecule has 0 amide bonds. The van der Waals surface area contributed by atoms with Crippen LogP contribution >= 0.6 is 15.9 Å². The highest BCUT2D eigenvalue weighted by Crippen LogP contribution is 2.34. The van der Waals surface area contributed by atoms with Gasteiger partial charge in [-0.25, -0.2) is 0 Å². The van der Waals surface area contributed by atoms with E-state index >= 15 is 0 Å². The van der Waals surface area contributed by atoms with Crippen molar-refractivity contribution >= 4 is 34.2 Å². The zero-order valence-corrected chi connectivity index (χ0v) is 10.7. The van der Waals surface area contributed by atoms with Crippen LogP contribution in [0.1, 0.15) is 12.8 Å². The summed E-state index contributed by atoms with van der Waals surface area (Å²) in [6, 6.07) is 0. The van der Waals surface area contributed by atoms with E-state index in [4.69, 9.17) is 0 Å². The number of aldehydes is 1. The summed E-state index contributed by atoms with van der Waals surface area (Å²) in [4.78, 5) is 33.8. The Morgan fingerprint density at radius 1 is 1.31 bits per heavy atom.